The molecular formula is C15H21BrN2O3. The predicted octanol–water partition coefficient (Wildman–Crippen LogP) is 3.83. The molecule has 1 aromatic rings. The van der Waals surface area contributed by atoms with E-state index in [0.717, 1.165) is 17.3 Å². The van der Waals surface area contributed by atoms with E-state index in [1.54, 1.807) is 19.1 Å². The number of hydrogen-bond acceptors (Lipinski definition) is 3. The number of amides is 1. The van der Waals surface area contributed by atoms with E-state index >= 15 is 0 Å². The molecule has 0 aliphatic heterocycles. The molecule has 0 spiro atoms. The van der Waals surface area contributed by atoms with Gasteiger partial charge in [0.2, 0.25) is 0 Å². The topological polar surface area (TPSA) is 72.2 Å². The normalized spacial score (nSPS) is 12.8. The molecule has 21 heavy (non-hydrogen) atoms. The zero-order valence-corrected chi connectivity index (χ0v) is 14.4. The van der Waals surface area contributed by atoms with E-state index in [-0.39, 0.29) is 22.7 Å². The molecule has 0 fully saturated rings. The summed E-state index contributed by atoms with van der Waals surface area (Å²) in [6.07, 6.45) is 0.759. The number of benzene rings is 1. The summed E-state index contributed by atoms with van der Waals surface area (Å²) in [7, 11) is 0. The number of aryl methyl sites for hydroxylation is 1. The van der Waals surface area contributed by atoms with Gasteiger partial charge in [-0.3, -0.25) is 14.9 Å². The van der Waals surface area contributed by atoms with Gasteiger partial charge in [-0.1, -0.05) is 42.8 Å². The number of nitrogens with one attached hydrogen (secondary N) is 1. The van der Waals surface area contributed by atoms with Crippen molar-refractivity contribution in [2.45, 2.75) is 40.2 Å². The average Bonchev–Trinajstić information content (AvgIpc) is 2.36. The van der Waals surface area contributed by atoms with Crippen LogP contribution in [0.5, 0.6) is 0 Å². The van der Waals surface area contributed by atoms with Crippen LogP contribution in [0.1, 0.15) is 43.1 Å². The van der Waals surface area contributed by atoms with Gasteiger partial charge in [-0.05, 0) is 30.4 Å². The van der Waals surface area contributed by atoms with Gasteiger partial charge in [0.05, 0.1) is 4.92 Å². The van der Waals surface area contributed by atoms with E-state index in [0.29, 0.717) is 0 Å². The van der Waals surface area contributed by atoms with Gasteiger partial charge in [0, 0.05) is 17.4 Å². The summed E-state index contributed by atoms with van der Waals surface area (Å²) in [6.45, 7) is 7.90. The van der Waals surface area contributed by atoms with E-state index < -0.39 is 10.8 Å². The SMILES string of the molecule is Cc1ccc([N+](=O)[O-])c(C(=O)NC(CCBr)C(C)(C)C)c1. The minimum Gasteiger partial charge on any atom is -0.349 e. The Morgan fingerprint density at radius 1 is 1.43 bits per heavy atom. The molecule has 1 N–H and O–H groups in total. The first-order valence-corrected chi connectivity index (χ1v) is 7.91. The lowest BCUT2D eigenvalue weighted by molar-refractivity contribution is -0.385. The molecule has 0 aliphatic rings. The van der Waals surface area contributed by atoms with Gasteiger partial charge in [-0.15, -0.1) is 0 Å². The molecule has 116 valence electrons. The lowest BCUT2D eigenvalue weighted by Gasteiger charge is -2.31. The third kappa shape index (κ3) is 4.81. The summed E-state index contributed by atoms with van der Waals surface area (Å²) < 4.78 is 0. The highest BCUT2D eigenvalue weighted by atomic mass is 79.9. The van der Waals surface area contributed by atoms with Gasteiger partial charge in [-0.25, -0.2) is 0 Å². The third-order valence-corrected chi connectivity index (χ3v) is 3.80. The van der Waals surface area contributed by atoms with Gasteiger partial charge in [0.15, 0.2) is 0 Å². The second-order valence-electron chi connectivity index (χ2n) is 6.15. The molecular weight excluding hydrogens is 336 g/mol. The molecule has 0 aromatic heterocycles. The number of carbonyl (C=O) groups is 1. The Hall–Kier alpha value is -1.43. The van der Waals surface area contributed by atoms with Crippen molar-refractivity contribution in [3.8, 4) is 0 Å². The Bertz CT molecular complexity index is 538. The van der Waals surface area contributed by atoms with Crippen molar-refractivity contribution in [2.24, 2.45) is 5.41 Å². The zero-order valence-electron chi connectivity index (χ0n) is 12.8. The molecule has 1 rings (SSSR count). The number of carbonyl (C=O) groups excluding carboxylic acids is 1. The molecule has 1 amide bonds. The zero-order chi connectivity index (χ0) is 16.2. The molecule has 0 saturated heterocycles. The number of nitro groups is 1. The second-order valence-corrected chi connectivity index (χ2v) is 6.94. The van der Waals surface area contributed by atoms with Crippen molar-refractivity contribution in [1.82, 2.24) is 5.32 Å². The third-order valence-electron chi connectivity index (χ3n) is 3.34. The highest BCUT2D eigenvalue weighted by Gasteiger charge is 2.28. The van der Waals surface area contributed by atoms with Crippen molar-refractivity contribution < 1.29 is 9.72 Å². The highest BCUT2D eigenvalue weighted by molar-refractivity contribution is 9.09. The monoisotopic (exact) mass is 356 g/mol. The summed E-state index contributed by atoms with van der Waals surface area (Å²) in [6, 6.07) is 4.50. The Morgan fingerprint density at radius 2 is 2.05 bits per heavy atom. The van der Waals surface area contributed by atoms with Crippen LogP contribution >= 0.6 is 15.9 Å². The number of halogens is 1. The van der Waals surface area contributed by atoms with Crippen molar-refractivity contribution in [2.75, 3.05) is 5.33 Å². The van der Waals surface area contributed by atoms with E-state index in [2.05, 4.69) is 21.2 Å². The second kappa shape index (κ2) is 7.02. The molecule has 1 unspecified atom stereocenters. The maximum absolute atomic E-state index is 12.4. The van der Waals surface area contributed by atoms with Crippen LogP contribution in [-0.2, 0) is 0 Å². The smallest absolute Gasteiger partial charge is 0.282 e. The Morgan fingerprint density at radius 3 is 2.52 bits per heavy atom. The molecule has 0 bridgehead atoms. The standard InChI is InChI=1S/C15H21BrN2O3/c1-10-5-6-12(18(20)21)11(9-10)14(19)17-13(7-8-16)15(2,3)4/h5-6,9,13H,7-8H2,1-4H3,(H,17,19). The maximum Gasteiger partial charge on any atom is 0.282 e. The Kier molecular flexibility index (Phi) is 5.89. The average molecular weight is 357 g/mol. The van der Waals surface area contributed by atoms with Crippen molar-refractivity contribution in [3.63, 3.8) is 0 Å². The van der Waals surface area contributed by atoms with Crippen LogP contribution in [0, 0.1) is 22.5 Å². The number of rotatable bonds is 5. The van der Waals surface area contributed by atoms with Crippen LogP contribution in [-0.4, -0.2) is 22.2 Å². The lowest BCUT2D eigenvalue weighted by atomic mass is 9.85. The fourth-order valence-electron chi connectivity index (χ4n) is 2.06. The van der Waals surface area contributed by atoms with Crippen molar-refractivity contribution in [1.29, 1.82) is 0 Å². The number of hydrogen-bond donors (Lipinski definition) is 1. The lowest BCUT2D eigenvalue weighted by Crippen LogP contribution is -2.44. The number of alkyl halides is 1. The van der Waals surface area contributed by atoms with E-state index in [9.17, 15) is 14.9 Å². The fraction of sp³-hybridized carbons (Fsp3) is 0.533. The summed E-state index contributed by atoms with van der Waals surface area (Å²) >= 11 is 3.38. The summed E-state index contributed by atoms with van der Waals surface area (Å²) in [5.41, 5.74) is 0.647. The largest absolute Gasteiger partial charge is 0.349 e. The van der Waals surface area contributed by atoms with Crippen LogP contribution in [0.3, 0.4) is 0 Å². The van der Waals surface area contributed by atoms with E-state index in [1.165, 1.54) is 6.07 Å². The molecule has 1 aromatic carbocycles. The highest BCUT2D eigenvalue weighted by Crippen LogP contribution is 2.25. The van der Waals surface area contributed by atoms with Crippen LogP contribution in [0.15, 0.2) is 18.2 Å². The number of nitro benzene ring substituents is 1. The maximum atomic E-state index is 12.4. The molecule has 0 heterocycles. The minimum absolute atomic E-state index is 0.0653. The fourth-order valence-corrected chi connectivity index (χ4v) is 2.52. The van der Waals surface area contributed by atoms with E-state index in [1.807, 2.05) is 20.8 Å². The molecule has 0 radical (unpaired) electrons. The van der Waals surface area contributed by atoms with Gasteiger partial charge < -0.3 is 5.32 Å². The van der Waals surface area contributed by atoms with Crippen LogP contribution < -0.4 is 5.32 Å². The van der Waals surface area contributed by atoms with Gasteiger partial charge in [0.25, 0.3) is 11.6 Å². The van der Waals surface area contributed by atoms with Crippen LogP contribution in [0.25, 0.3) is 0 Å². The number of nitrogens with zero attached hydrogens (tertiary/aromatic N) is 1. The molecule has 5 nitrogen and oxygen atoms in total. The van der Waals surface area contributed by atoms with Crippen LogP contribution in [0.2, 0.25) is 0 Å². The minimum atomic E-state index is -0.523. The van der Waals surface area contributed by atoms with Gasteiger partial charge in [0.1, 0.15) is 5.56 Å². The molecule has 0 aliphatic carbocycles. The first kappa shape index (κ1) is 17.6. The molecule has 1 atom stereocenters. The molecule has 6 heteroatoms. The van der Waals surface area contributed by atoms with E-state index in [4.69, 9.17) is 0 Å². The van der Waals surface area contributed by atoms with Crippen LogP contribution in [0.4, 0.5) is 5.69 Å². The summed E-state index contributed by atoms with van der Waals surface area (Å²) in [5, 5.41) is 14.7. The van der Waals surface area contributed by atoms with Crippen molar-refractivity contribution >= 4 is 27.5 Å². The van der Waals surface area contributed by atoms with Gasteiger partial charge >= 0.3 is 0 Å². The Balaban J connectivity index is 3.08. The summed E-state index contributed by atoms with van der Waals surface area (Å²) in [4.78, 5) is 23.0. The molecule has 0 saturated carbocycles. The predicted molar refractivity (Wildman–Crippen MR) is 87.0 cm³/mol. The van der Waals surface area contributed by atoms with Crippen molar-refractivity contribution in [3.05, 3.63) is 39.4 Å². The Labute approximate surface area is 133 Å². The first-order valence-electron chi connectivity index (χ1n) is 6.78. The first-order chi connectivity index (χ1) is 9.66. The van der Waals surface area contributed by atoms with Gasteiger partial charge in [-0.2, -0.15) is 0 Å². The quantitative estimate of drug-likeness (QED) is 0.494. The summed E-state index contributed by atoms with van der Waals surface area (Å²) in [5.74, 6) is -0.397.